The molecule has 4 N–H and O–H groups in total. The molecule has 1 aromatic carbocycles. The summed E-state index contributed by atoms with van der Waals surface area (Å²) in [6.45, 7) is 5.37. The number of aliphatic hydroxyl groups excluding tert-OH is 1. The predicted octanol–water partition coefficient (Wildman–Crippen LogP) is 2.01. The van der Waals surface area contributed by atoms with Crippen LogP contribution >= 0.6 is 0 Å². The first kappa shape index (κ1) is 21.9. The topological polar surface area (TPSA) is 116 Å². The Labute approximate surface area is 154 Å². The molecule has 7 nitrogen and oxygen atoms in total. The van der Waals surface area contributed by atoms with Crippen LogP contribution in [0.5, 0.6) is 5.75 Å². The van der Waals surface area contributed by atoms with Crippen LogP contribution in [0.3, 0.4) is 0 Å². The molecule has 0 aliphatic carbocycles. The first-order valence-corrected chi connectivity index (χ1v) is 8.66. The van der Waals surface area contributed by atoms with Crippen molar-refractivity contribution in [3.05, 3.63) is 28.8 Å². The summed E-state index contributed by atoms with van der Waals surface area (Å²) in [5.41, 5.74) is 1.65. The number of aliphatic carboxylic acids is 1. The quantitative estimate of drug-likeness (QED) is 0.503. The van der Waals surface area contributed by atoms with Crippen molar-refractivity contribution in [3.8, 4) is 5.75 Å². The van der Waals surface area contributed by atoms with E-state index >= 15 is 0 Å². The van der Waals surface area contributed by atoms with Gasteiger partial charge in [-0.15, -0.1) is 0 Å². The van der Waals surface area contributed by atoms with Crippen LogP contribution in [0, 0.1) is 19.8 Å². The number of aromatic hydroxyl groups is 1. The Morgan fingerprint density at radius 2 is 1.81 bits per heavy atom. The van der Waals surface area contributed by atoms with Crippen molar-refractivity contribution in [2.24, 2.45) is 5.92 Å². The summed E-state index contributed by atoms with van der Waals surface area (Å²) in [6.07, 6.45) is -0.299. The van der Waals surface area contributed by atoms with E-state index in [4.69, 9.17) is 9.84 Å². The van der Waals surface area contributed by atoms with Gasteiger partial charge in [-0.2, -0.15) is 0 Å². The van der Waals surface area contributed by atoms with Crippen molar-refractivity contribution in [2.45, 2.75) is 52.2 Å². The fourth-order valence-electron chi connectivity index (χ4n) is 2.85. The van der Waals surface area contributed by atoms with Crippen LogP contribution in [0.25, 0.3) is 0 Å². The molecule has 0 radical (unpaired) electrons. The van der Waals surface area contributed by atoms with E-state index in [0.717, 1.165) is 0 Å². The van der Waals surface area contributed by atoms with Crippen LogP contribution in [-0.2, 0) is 9.53 Å². The molecule has 3 unspecified atom stereocenters. The van der Waals surface area contributed by atoms with Crippen LogP contribution in [-0.4, -0.2) is 53.1 Å². The van der Waals surface area contributed by atoms with E-state index in [1.807, 2.05) is 6.92 Å². The van der Waals surface area contributed by atoms with Gasteiger partial charge in [0.2, 0.25) is 0 Å². The number of phenolic OH excluding ortho intramolecular Hbond substituents is 1. The number of aliphatic hydroxyl groups is 1. The molecule has 0 bridgehead atoms. The highest BCUT2D eigenvalue weighted by atomic mass is 16.5. The fraction of sp³-hybridized carbons (Fsp3) is 0.579. The lowest BCUT2D eigenvalue weighted by Crippen LogP contribution is -2.36. The van der Waals surface area contributed by atoms with Crippen LogP contribution in [0.1, 0.15) is 47.7 Å². The Balaban J connectivity index is 2.55. The SMILES string of the molecule is COC(CC(O)CNC(=O)c1cc(C)c(O)c(C)c1)C(C)CCC(=O)O. The van der Waals surface area contributed by atoms with Gasteiger partial charge in [-0.05, 0) is 49.4 Å². The number of hydrogen-bond donors (Lipinski definition) is 4. The number of amides is 1. The van der Waals surface area contributed by atoms with E-state index in [9.17, 15) is 19.8 Å². The molecule has 0 fully saturated rings. The molecule has 7 heteroatoms. The van der Waals surface area contributed by atoms with Crippen molar-refractivity contribution < 1.29 is 29.6 Å². The van der Waals surface area contributed by atoms with E-state index in [2.05, 4.69) is 5.32 Å². The van der Waals surface area contributed by atoms with Gasteiger partial charge in [-0.25, -0.2) is 0 Å². The van der Waals surface area contributed by atoms with Gasteiger partial charge in [0.1, 0.15) is 5.75 Å². The second-order valence-electron chi connectivity index (χ2n) is 6.74. The highest BCUT2D eigenvalue weighted by Crippen LogP contribution is 2.23. The third-order valence-corrected chi connectivity index (χ3v) is 4.51. The lowest BCUT2D eigenvalue weighted by molar-refractivity contribution is -0.137. The summed E-state index contributed by atoms with van der Waals surface area (Å²) >= 11 is 0. The summed E-state index contributed by atoms with van der Waals surface area (Å²) in [6, 6.07) is 3.19. The Bertz CT molecular complexity index is 607. The summed E-state index contributed by atoms with van der Waals surface area (Å²) in [5.74, 6) is -1.05. The number of hydrogen-bond acceptors (Lipinski definition) is 5. The molecule has 146 valence electrons. The maximum Gasteiger partial charge on any atom is 0.303 e. The molecule has 0 spiro atoms. The van der Waals surface area contributed by atoms with Crippen LogP contribution < -0.4 is 5.32 Å². The number of carboxylic acid groups (broad SMARTS) is 1. The third kappa shape index (κ3) is 6.65. The minimum absolute atomic E-state index is 0.0242. The van der Waals surface area contributed by atoms with Gasteiger partial charge in [-0.3, -0.25) is 9.59 Å². The molecule has 1 aromatic rings. The zero-order valence-electron chi connectivity index (χ0n) is 15.8. The minimum Gasteiger partial charge on any atom is -0.507 e. The van der Waals surface area contributed by atoms with Gasteiger partial charge in [0.25, 0.3) is 5.91 Å². The van der Waals surface area contributed by atoms with Gasteiger partial charge in [-0.1, -0.05) is 6.92 Å². The lowest BCUT2D eigenvalue weighted by Gasteiger charge is -2.24. The van der Waals surface area contributed by atoms with E-state index < -0.39 is 12.1 Å². The molecule has 1 rings (SSSR count). The summed E-state index contributed by atoms with van der Waals surface area (Å²) < 4.78 is 5.36. The number of benzene rings is 1. The number of carboxylic acids is 1. The van der Waals surface area contributed by atoms with Crippen LogP contribution in [0.2, 0.25) is 0 Å². The number of ether oxygens (including phenoxy) is 1. The first-order valence-electron chi connectivity index (χ1n) is 8.66. The number of aryl methyl sites for hydroxylation is 2. The minimum atomic E-state index is -0.862. The maximum atomic E-state index is 12.2. The van der Waals surface area contributed by atoms with E-state index in [1.165, 1.54) is 7.11 Å². The molecular weight excluding hydrogens is 338 g/mol. The highest BCUT2D eigenvalue weighted by Gasteiger charge is 2.22. The largest absolute Gasteiger partial charge is 0.507 e. The molecule has 0 aromatic heterocycles. The standard InChI is InChI=1S/C19H29NO6/c1-11(5-6-17(22)23)16(26-4)9-15(21)10-20-19(25)14-7-12(2)18(24)13(3)8-14/h7-8,11,15-16,21,24H,5-6,9-10H2,1-4H3,(H,20,25)(H,22,23). The summed E-state index contributed by atoms with van der Waals surface area (Å²) in [4.78, 5) is 22.9. The van der Waals surface area contributed by atoms with E-state index in [-0.39, 0.29) is 36.6 Å². The molecule has 26 heavy (non-hydrogen) atoms. The Kier molecular flexibility index (Phi) is 8.54. The number of methoxy groups -OCH3 is 1. The maximum absolute atomic E-state index is 12.2. The molecule has 0 aliphatic rings. The monoisotopic (exact) mass is 367 g/mol. The highest BCUT2D eigenvalue weighted by molar-refractivity contribution is 5.94. The van der Waals surface area contributed by atoms with Crippen LogP contribution in [0.15, 0.2) is 12.1 Å². The predicted molar refractivity (Wildman–Crippen MR) is 97.4 cm³/mol. The second kappa shape index (κ2) is 10.1. The summed E-state index contributed by atoms with van der Waals surface area (Å²) in [5, 5.41) is 31.4. The number of carbonyl (C=O) groups is 2. The van der Waals surface area contributed by atoms with Gasteiger partial charge < -0.3 is 25.4 Å². The Morgan fingerprint density at radius 3 is 2.31 bits per heavy atom. The van der Waals surface area contributed by atoms with Gasteiger partial charge in [0, 0.05) is 32.1 Å². The zero-order chi connectivity index (χ0) is 19.9. The van der Waals surface area contributed by atoms with Crippen molar-refractivity contribution in [3.63, 3.8) is 0 Å². The Morgan fingerprint density at radius 1 is 1.23 bits per heavy atom. The Hall–Kier alpha value is -2.12. The van der Waals surface area contributed by atoms with E-state index in [1.54, 1.807) is 26.0 Å². The molecule has 1 amide bonds. The average molecular weight is 367 g/mol. The van der Waals surface area contributed by atoms with Gasteiger partial charge in [0.15, 0.2) is 0 Å². The number of phenols is 1. The molecule has 0 aliphatic heterocycles. The number of carbonyl (C=O) groups excluding carboxylic acids is 1. The van der Waals surface area contributed by atoms with Crippen molar-refractivity contribution >= 4 is 11.9 Å². The molecule has 0 heterocycles. The summed E-state index contributed by atoms with van der Waals surface area (Å²) in [7, 11) is 1.52. The van der Waals surface area contributed by atoms with Crippen molar-refractivity contribution in [1.82, 2.24) is 5.32 Å². The second-order valence-corrected chi connectivity index (χ2v) is 6.74. The van der Waals surface area contributed by atoms with E-state index in [0.29, 0.717) is 29.5 Å². The normalized spacial score (nSPS) is 14.5. The fourth-order valence-corrected chi connectivity index (χ4v) is 2.85. The molecule has 3 atom stereocenters. The zero-order valence-corrected chi connectivity index (χ0v) is 15.8. The van der Waals surface area contributed by atoms with Gasteiger partial charge in [0.05, 0.1) is 12.2 Å². The van der Waals surface area contributed by atoms with Gasteiger partial charge >= 0.3 is 5.97 Å². The molecular formula is C19H29NO6. The smallest absolute Gasteiger partial charge is 0.303 e. The third-order valence-electron chi connectivity index (χ3n) is 4.51. The number of rotatable bonds is 10. The number of nitrogens with one attached hydrogen (secondary N) is 1. The lowest BCUT2D eigenvalue weighted by atomic mass is 9.94. The first-order chi connectivity index (χ1) is 12.1. The molecule has 0 saturated heterocycles. The van der Waals surface area contributed by atoms with Crippen LogP contribution in [0.4, 0.5) is 0 Å². The molecule has 0 saturated carbocycles. The average Bonchev–Trinajstić information content (AvgIpc) is 2.59. The van der Waals surface area contributed by atoms with Crippen molar-refractivity contribution in [1.29, 1.82) is 0 Å². The van der Waals surface area contributed by atoms with Crippen molar-refractivity contribution in [2.75, 3.05) is 13.7 Å².